The molecule has 2 aliphatic heterocycles. The average Bonchev–Trinajstić information content (AvgIpc) is 2.99. The zero-order chi connectivity index (χ0) is 31.7. The first-order valence-corrected chi connectivity index (χ1v) is 14.4. The number of nitrogens with one attached hydrogen (secondary N) is 2. The highest BCUT2D eigenvalue weighted by molar-refractivity contribution is 7.73. The molecule has 0 fully saturated rings. The minimum Gasteiger partial charge on any atom is -0.437 e. The summed E-state index contributed by atoms with van der Waals surface area (Å²) in [5.74, 6) is 0.213. The zero-order valence-corrected chi connectivity index (χ0v) is 25.1. The van der Waals surface area contributed by atoms with Gasteiger partial charge in [-0.3, -0.25) is 19.9 Å². The summed E-state index contributed by atoms with van der Waals surface area (Å²) in [4.78, 5) is 38.3. The highest BCUT2D eigenvalue weighted by Crippen LogP contribution is 2.28. The molecule has 13 nitrogen and oxygen atoms in total. The lowest BCUT2D eigenvalue weighted by molar-refractivity contribution is -0.121. The minimum absolute atomic E-state index is 0.00955. The third-order valence-electron chi connectivity index (χ3n) is 6.92. The maximum Gasteiger partial charge on any atom is 0.306 e. The van der Waals surface area contributed by atoms with Crippen LogP contribution < -0.4 is 20.5 Å². The van der Waals surface area contributed by atoms with Gasteiger partial charge in [0.1, 0.15) is 23.0 Å². The van der Waals surface area contributed by atoms with Gasteiger partial charge in [-0.2, -0.15) is 13.4 Å². The molecular formula is C30H29N7O6S. The summed E-state index contributed by atoms with van der Waals surface area (Å²) in [5, 5.41) is 10.6. The first kappa shape index (κ1) is 30.0. The number of rotatable bonds is 6. The number of aryl methyl sites for hydroxylation is 1. The standard InChI is InChI=1S/C30H29N7O6S/c1-16-14-20(10-13-22(16)25(31)32)42-28-24-26(33-23(27(38)34-24)17-8-11-21(12-9-17)44(40)41)37(4)30(35-28)43-19-7-5-6-18(15-19)29(39)36(2)3/h5-11,13-15,23H,12H2,1-4H3,(H3,31,32)(H,34,38). The summed E-state index contributed by atoms with van der Waals surface area (Å²) in [6, 6.07) is 10.6. The Hall–Kier alpha value is -5.50. The van der Waals surface area contributed by atoms with E-state index in [9.17, 15) is 18.0 Å². The molecule has 2 aromatic rings. The van der Waals surface area contributed by atoms with Gasteiger partial charge in [0.2, 0.25) is 10.3 Å². The van der Waals surface area contributed by atoms with Gasteiger partial charge in [-0.05, 0) is 60.5 Å². The van der Waals surface area contributed by atoms with Gasteiger partial charge in [0.05, 0.1) is 4.86 Å². The van der Waals surface area contributed by atoms with Crippen LogP contribution in [0.1, 0.15) is 27.9 Å². The molecule has 44 heavy (non-hydrogen) atoms. The summed E-state index contributed by atoms with van der Waals surface area (Å²) in [6.07, 6.45) is 4.78. The van der Waals surface area contributed by atoms with Gasteiger partial charge in [0.25, 0.3) is 17.7 Å². The second-order valence-corrected chi connectivity index (χ2v) is 11.2. The van der Waals surface area contributed by atoms with Crippen LogP contribution in [0.4, 0.5) is 0 Å². The summed E-state index contributed by atoms with van der Waals surface area (Å²) in [7, 11) is 2.59. The first-order chi connectivity index (χ1) is 20.9. The van der Waals surface area contributed by atoms with Gasteiger partial charge in [0.15, 0.2) is 11.9 Å². The highest BCUT2D eigenvalue weighted by Gasteiger charge is 2.38. The Kier molecular flexibility index (Phi) is 8.18. The number of likely N-dealkylation sites (N-methyl/N-ethyl adjacent to an activating group) is 1. The van der Waals surface area contributed by atoms with Crippen LogP contribution in [0.2, 0.25) is 0 Å². The fourth-order valence-electron chi connectivity index (χ4n) is 4.64. The molecule has 0 saturated carbocycles. The van der Waals surface area contributed by atoms with Gasteiger partial charge in [-0.15, -0.1) is 0 Å². The number of nitrogens with two attached hydrogens (primary N) is 1. The Labute approximate surface area is 254 Å². The van der Waals surface area contributed by atoms with Crippen molar-refractivity contribution in [1.82, 2.24) is 15.1 Å². The zero-order valence-electron chi connectivity index (χ0n) is 24.3. The number of ether oxygens (including phenoxy) is 2. The average molecular weight is 616 g/mol. The number of hydrogen-bond acceptors (Lipinski definition) is 10. The smallest absolute Gasteiger partial charge is 0.306 e. The van der Waals surface area contributed by atoms with Crippen molar-refractivity contribution in [1.29, 1.82) is 5.41 Å². The van der Waals surface area contributed by atoms with Gasteiger partial charge < -0.3 is 25.4 Å². The molecule has 0 aromatic heterocycles. The van der Waals surface area contributed by atoms with E-state index in [0.717, 1.165) is 0 Å². The summed E-state index contributed by atoms with van der Waals surface area (Å²) < 4.78 is 35.0. The second-order valence-electron chi connectivity index (χ2n) is 10.2. The van der Waals surface area contributed by atoms with Crippen molar-refractivity contribution in [3.05, 3.63) is 94.5 Å². The van der Waals surface area contributed by atoms with Crippen LogP contribution in [0.5, 0.6) is 11.5 Å². The number of nitrogen functional groups attached to an aromatic ring is 1. The van der Waals surface area contributed by atoms with Crippen LogP contribution in [-0.2, 0) is 15.1 Å². The molecule has 14 heteroatoms. The predicted molar refractivity (Wildman–Crippen MR) is 165 cm³/mol. The maximum atomic E-state index is 13.3. The SMILES string of the molecule is Cc1cc(OC2=C3NC(=O)C(C4=CCC(=S(=O)=O)C=C4)N=C3N(C)C(Oc3cccc(C(=O)N(C)C)c3)=N2)ccc1C(=N)N. The minimum atomic E-state index is -2.36. The number of nitrogens with zero attached hydrogens (tertiary/aromatic N) is 4. The first-order valence-electron chi connectivity index (χ1n) is 13.3. The second kappa shape index (κ2) is 12.0. The molecule has 1 aliphatic carbocycles. The van der Waals surface area contributed by atoms with Crippen molar-refractivity contribution in [3.63, 3.8) is 0 Å². The van der Waals surface area contributed by atoms with Gasteiger partial charge in [-0.1, -0.05) is 18.2 Å². The molecule has 2 heterocycles. The molecule has 4 N–H and O–H groups in total. The maximum absolute atomic E-state index is 13.3. The topological polar surface area (TPSA) is 180 Å². The van der Waals surface area contributed by atoms with E-state index in [-0.39, 0.29) is 46.5 Å². The summed E-state index contributed by atoms with van der Waals surface area (Å²) in [5.41, 5.74) is 8.03. The van der Waals surface area contributed by atoms with E-state index in [1.807, 2.05) is 0 Å². The summed E-state index contributed by atoms with van der Waals surface area (Å²) in [6.45, 7) is 1.78. The van der Waals surface area contributed by atoms with E-state index < -0.39 is 22.2 Å². The van der Waals surface area contributed by atoms with Gasteiger partial charge in [0, 0.05) is 38.7 Å². The van der Waals surface area contributed by atoms with E-state index in [2.05, 4.69) is 10.3 Å². The van der Waals surface area contributed by atoms with Crippen molar-refractivity contribution >= 4 is 44.7 Å². The number of hydrogen-bond donors (Lipinski definition) is 3. The van der Waals surface area contributed by atoms with Crippen molar-refractivity contribution < 1.29 is 27.5 Å². The molecule has 5 rings (SSSR count). The van der Waals surface area contributed by atoms with E-state index in [4.69, 9.17) is 25.6 Å². The normalized spacial score (nSPS) is 17.6. The Morgan fingerprint density at radius 2 is 1.89 bits per heavy atom. The van der Waals surface area contributed by atoms with Gasteiger partial charge >= 0.3 is 6.02 Å². The van der Waals surface area contributed by atoms with Crippen molar-refractivity contribution in [2.24, 2.45) is 15.7 Å². The van der Waals surface area contributed by atoms with Crippen molar-refractivity contribution in [2.75, 3.05) is 21.1 Å². The number of fused-ring (bicyclic) bond motifs is 1. The van der Waals surface area contributed by atoms with E-state index in [0.29, 0.717) is 33.8 Å². The molecule has 1 unspecified atom stereocenters. The number of amidine groups is 3. The van der Waals surface area contributed by atoms with E-state index in [1.165, 1.54) is 15.9 Å². The lowest BCUT2D eigenvalue weighted by Gasteiger charge is -2.33. The third kappa shape index (κ3) is 6.01. The fourth-order valence-corrected chi connectivity index (χ4v) is 5.03. The van der Waals surface area contributed by atoms with Crippen molar-refractivity contribution in [2.45, 2.75) is 19.4 Å². The van der Waals surface area contributed by atoms with Crippen LogP contribution in [-0.4, -0.2) is 79.8 Å². The number of carbonyl (C=O) groups excluding carboxylic acids is 2. The molecule has 0 radical (unpaired) electrons. The molecule has 0 spiro atoms. The van der Waals surface area contributed by atoms with Crippen LogP contribution >= 0.6 is 0 Å². The van der Waals surface area contributed by atoms with E-state index in [1.54, 1.807) is 82.7 Å². The van der Waals surface area contributed by atoms with Crippen LogP contribution in [0, 0.1) is 12.3 Å². The summed E-state index contributed by atoms with van der Waals surface area (Å²) >= 11 is 0. The lowest BCUT2D eigenvalue weighted by atomic mass is 9.98. The van der Waals surface area contributed by atoms with Crippen LogP contribution in [0.15, 0.2) is 87.8 Å². The Balaban J connectivity index is 1.56. The van der Waals surface area contributed by atoms with Crippen molar-refractivity contribution in [3.8, 4) is 11.5 Å². The predicted octanol–water partition coefficient (Wildman–Crippen LogP) is 1.74. The fraction of sp³-hybridized carbons (Fsp3) is 0.200. The number of aliphatic imine (C=N–C) groups is 2. The molecule has 2 aromatic carbocycles. The highest BCUT2D eigenvalue weighted by atomic mass is 32.2. The molecule has 0 saturated heterocycles. The molecule has 2 amide bonds. The Morgan fingerprint density at radius 1 is 1.14 bits per heavy atom. The Morgan fingerprint density at radius 3 is 2.52 bits per heavy atom. The third-order valence-corrected chi connectivity index (χ3v) is 7.65. The monoisotopic (exact) mass is 615 g/mol. The lowest BCUT2D eigenvalue weighted by Crippen LogP contribution is -2.51. The number of amides is 2. The van der Waals surface area contributed by atoms with E-state index >= 15 is 0 Å². The van der Waals surface area contributed by atoms with Gasteiger partial charge in [-0.25, -0.2) is 4.99 Å². The molecule has 226 valence electrons. The largest absolute Gasteiger partial charge is 0.437 e. The van der Waals surface area contributed by atoms with Crippen LogP contribution in [0.3, 0.4) is 0 Å². The molecule has 0 bridgehead atoms. The number of benzene rings is 2. The number of allylic oxidation sites excluding steroid dienone is 2. The quantitative estimate of drug-likeness (QED) is 0.250. The van der Waals surface area contributed by atoms with Crippen LogP contribution in [0.25, 0.3) is 0 Å². The Bertz CT molecular complexity index is 1900. The molecule has 3 aliphatic rings. The molecule has 1 atom stereocenters. The number of carbonyl (C=O) groups is 2. The molecular weight excluding hydrogens is 586 g/mol.